The Kier molecular flexibility index (Phi) is 4.02. The number of rotatable bonds is 5. The van der Waals surface area contributed by atoms with Crippen molar-refractivity contribution < 1.29 is 24.2 Å². The number of carboxylic acids is 1. The molecule has 6 nitrogen and oxygen atoms in total. The summed E-state index contributed by atoms with van der Waals surface area (Å²) in [4.78, 5) is 25.2. The van der Waals surface area contributed by atoms with Crippen LogP contribution in [0.25, 0.3) is 0 Å². The van der Waals surface area contributed by atoms with E-state index in [0.29, 0.717) is 38.3 Å². The molecule has 2 aliphatic rings. The maximum atomic E-state index is 12.7. The van der Waals surface area contributed by atoms with Crippen LogP contribution in [0.3, 0.4) is 0 Å². The minimum atomic E-state index is -0.916. The highest BCUT2D eigenvalue weighted by Crippen LogP contribution is 2.42. The van der Waals surface area contributed by atoms with E-state index in [9.17, 15) is 9.59 Å². The predicted molar refractivity (Wildman–Crippen MR) is 77.6 cm³/mol. The summed E-state index contributed by atoms with van der Waals surface area (Å²) < 4.78 is 11.3. The molecule has 2 fully saturated rings. The summed E-state index contributed by atoms with van der Waals surface area (Å²) >= 11 is 0. The first kappa shape index (κ1) is 14.8. The molecular formula is C16H19NO5. The topological polar surface area (TPSA) is 76.1 Å². The zero-order chi connectivity index (χ0) is 15.6. The molecule has 1 N–H and O–H groups in total. The summed E-state index contributed by atoms with van der Waals surface area (Å²) in [5.74, 6) is -0.292. The second-order valence-electron chi connectivity index (χ2n) is 5.75. The third-order valence-electron chi connectivity index (χ3n) is 3.98. The number of hydrogen-bond donors (Lipinski definition) is 1. The van der Waals surface area contributed by atoms with Gasteiger partial charge in [0.2, 0.25) is 0 Å². The molecule has 0 bridgehead atoms. The lowest BCUT2D eigenvalue weighted by molar-refractivity contribution is -0.153. The molecule has 0 aromatic heterocycles. The number of carboxylic acid groups (broad SMARTS) is 1. The largest absolute Gasteiger partial charge is 0.481 e. The van der Waals surface area contributed by atoms with Crippen LogP contribution < -0.4 is 4.74 Å². The molecule has 1 atom stereocenters. The van der Waals surface area contributed by atoms with E-state index in [2.05, 4.69) is 0 Å². The maximum absolute atomic E-state index is 12.7. The maximum Gasteiger partial charge on any atom is 0.306 e. The van der Waals surface area contributed by atoms with Gasteiger partial charge in [0.05, 0.1) is 19.1 Å². The van der Waals surface area contributed by atoms with E-state index >= 15 is 0 Å². The molecule has 1 heterocycles. The van der Waals surface area contributed by atoms with Crippen molar-refractivity contribution in [2.24, 2.45) is 0 Å². The van der Waals surface area contributed by atoms with Crippen molar-refractivity contribution in [1.82, 2.24) is 4.90 Å². The number of aliphatic carboxylic acids is 1. The van der Waals surface area contributed by atoms with E-state index in [0.717, 1.165) is 0 Å². The van der Waals surface area contributed by atoms with Gasteiger partial charge in [0.1, 0.15) is 5.75 Å². The van der Waals surface area contributed by atoms with Gasteiger partial charge in [0, 0.05) is 25.9 Å². The Labute approximate surface area is 128 Å². The van der Waals surface area contributed by atoms with Gasteiger partial charge in [-0.05, 0) is 12.1 Å². The Morgan fingerprint density at radius 1 is 1.32 bits per heavy atom. The molecule has 1 saturated carbocycles. The van der Waals surface area contributed by atoms with E-state index in [1.165, 1.54) is 0 Å². The van der Waals surface area contributed by atoms with Crippen molar-refractivity contribution in [2.75, 3.05) is 19.7 Å². The first-order chi connectivity index (χ1) is 10.6. The van der Waals surface area contributed by atoms with Crippen molar-refractivity contribution in [3.05, 3.63) is 30.3 Å². The second-order valence-corrected chi connectivity index (χ2v) is 5.75. The van der Waals surface area contributed by atoms with Gasteiger partial charge in [0.15, 0.2) is 5.60 Å². The van der Waals surface area contributed by atoms with Gasteiger partial charge in [-0.25, -0.2) is 0 Å². The molecule has 0 radical (unpaired) electrons. The van der Waals surface area contributed by atoms with Crippen LogP contribution in [0.2, 0.25) is 0 Å². The van der Waals surface area contributed by atoms with E-state index < -0.39 is 17.7 Å². The van der Waals surface area contributed by atoms with Gasteiger partial charge in [-0.2, -0.15) is 0 Å². The van der Waals surface area contributed by atoms with Gasteiger partial charge in [0.25, 0.3) is 5.91 Å². The third-order valence-corrected chi connectivity index (χ3v) is 3.98. The van der Waals surface area contributed by atoms with Crippen LogP contribution >= 0.6 is 0 Å². The number of morpholine rings is 1. The molecule has 1 saturated heterocycles. The van der Waals surface area contributed by atoms with Crippen LogP contribution in [-0.2, 0) is 14.3 Å². The average molecular weight is 305 g/mol. The van der Waals surface area contributed by atoms with Crippen molar-refractivity contribution in [1.29, 1.82) is 0 Å². The molecule has 6 heteroatoms. The first-order valence-corrected chi connectivity index (χ1v) is 7.46. The molecule has 1 unspecified atom stereocenters. The zero-order valence-corrected chi connectivity index (χ0v) is 12.2. The lowest BCUT2D eigenvalue weighted by atomic mass is 10.1. The molecule has 1 aromatic rings. The fourth-order valence-electron chi connectivity index (χ4n) is 2.70. The summed E-state index contributed by atoms with van der Waals surface area (Å²) in [6.45, 7) is 1.16. The molecule has 0 spiro atoms. The normalized spacial score (nSPS) is 22.9. The molecule has 22 heavy (non-hydrogen) atoms. The number of nitrogens with zero attached hydrogens (tertiary/aromatic N) is 1. The zero-order valence-electron chi connectivity index (χ0n) is 12.2. The summed E-state index contributed by atoms with van der Waals surface area (Å²) in [7, 11) is 0. The Morgan fingerprint density at radius 3 is 2.68 bits per heavy atom. The lowest BCUT2D eigenvalue weighted by Gasteiger charge is -2.34. The Bertz CT molecular complexity index is 555. The lowest BCUT2D eigenvalue weighted by Crippen LogP contribution is -2.51. The van der Waals surface area contributed by atoms with Crippen molar-refractivity contribution in [2.45, 2.75) is 31.0 Å². The Balaban J connectivity index is 1.64. The quantitative estimate of drug-likeness (QED) is 0.887. The summed E-state index contributed by atoms with van der Waals surface area (Å²) in [5.41, 5.74) is -0.771. The summed E-state index contributed by atoms with van der Waals surface area (Å²) in [6.07, 6.45) is 0.863. The monoisotopic (exact) mass is 305 g/mol. The van der Waals surface area contributed by atoms with Crippen molar-refractivity contribution in [3.63, 3.8) is 0 Å². The minimum absolute atomic E-state index is 0.0601. The van der Waals surface area contributed by atoms with Crippen molar-refractivity contribution in [3.8, 4) is 5.75 Å². The van der Waals surface area contributed by atoms with E-state index in [1.54, 1.807) is 4.90 Å². The van der Waals surface area contributed by atoms with Gasteiger partial charge < -0.3 is 19.5 Å². The standard InChI is InChI=1S/C16H19NO5/c18-14(19)10-13-11-17(8-9-21-13)15(20)16(6-7-16)22-12-4-2-1-3-5-12/h1-5,13H,6-11H2,(H,18,19). The fraction of sp³-hybridized carbons (Fsp3) is 0.500. The number of benzene rings is 1. The number of ether oxygens (including phenoxy) is 2. The Morgan fingerprint density at radius 2 is 2.05 bits per heavy atom. The van der Waals surface area contributed by atoms with Gasteiger partial charge >= 0.3 is 5.97 Å². The second kappa shape index (κ2) is 5.96. The van der Waals surface area contributed by atoms with Crippen LogP contribution in [0.1, 0.15) is 19.3 Å². The van der Waals surface area contributed by atoms with Crippen LogP contribution in [0, 0.1) is 0 Å². The van der Waals surface area contributed by atoms with Crippen LogP contribution in [0.5, 0.6) is 5.75 Å². The third kappa shape index (κ3) is 3.22. The number of amides is 1. The molecule has 3 rings (SSSR count). The smallest absolute Gasteiger partial charge is 0.306 e. The highest BCUT2D eigenvalue weighted by atomic mass is 16.5. The molecular weight excluding hydrogens is 286 g/mol. The molecule has 1 aliphatic carbocycles. The number of carbonyl (C=O) groups is 2. The highest BCUT2D eigenvalue weighted by molar-refractivity contribution is 5.88. The molecule has 1 aliphatic heterocycles. The Hall–Kier alpha value is -2.08. The van der Waals surface area contributed by atoms with Gasteiger partial charge in [-0.3, -0.25) is 9.59 Å². The van der Waals surface area contributed by atoms with E-state index in [4.69, 9.17) is 14.6 Å². The van der Waals surface area contributed by atoms with Crippen molar-refractivity contribution >= 4 is 11.9 Å². The fourth-order valence-corrected chi connectivity index (χ4v) is 2.70. The van der Waals surface area contributed by atoms with Crippen LogP contribution in [-0.4, -0.2) is 53.3 Å². The van der Waals surface area contributed by atoms with Gasteiger partial charge in [-0.1, -0.05) is 18.2 Å². The highest BCUT2D eigenvalue weighted by Gasteiger charge is 2.55. The number of para-hydroxylation sites is 1. The predicted octanol–water partition coefficient (Wildman–Crippen LogP) is 1.30. The average Bonchev–Trinajstić information content (AvgIpc) is 3.28. The van der Waals surface area contributed by atoms with Crippen LogP contribution in [0.15, 0.2) is 30.3 Å². The first-order valence-electron chi connectivity index (χ1n) is 7.46. The van der Waals surface area contributed by atoms with Gasteiger partial charge in [-0.15, -0.1) is 0 Å². The minimum Gasteiger partial charge on any atom is -0.481 e. The summed E-state index contributed by atoms with van der Waals surface area (Å²) in [5, 5.41) is 8.85. The van der Waals surface area contributed by atoms with Crippen LogP contribution in [0.4, 0.5) is 0 Å². The molecule has 1 amide bonds. The SMILES string of the molecule is O=C(O)CC1CN(C(=O)C2(Oc3ccccc3)CC2)CCO1. The number of carbonyl (C=O) groups excluding carboxylic acids is 1. The molecule has 118 valence electrons. The summed E-state index contributed by atoms with van der Waals surface area (Å²) in [6, 6.07) is 9.30. The van der Waals surface area contributed by atoms with E-state index in [1.807, 2.05) is 30.3 Å². The number of hydrogen-bond acceptors (Lipinski definition) is 4. The molecule has 1 aromatic carbocycles. The van der Waals surface area contributed by atoms with E-state index in [-0.39, 0.29) is 12.3 Å².